The van der Waals surface area contributed by atoms with Crippen LogP contribution >= 0.6 is 0 Å². The van der Waals surface area contributed by atoms with E-state index in [0.29, 0.717) is 45.3 Å². The Morgan fingerprint density at radius 2 is 1.20 bits per heavy atom. The molecule has 0 radical (unpaired) electrons. The fraction of sp³-hybridized carbons (Fsp3) is 0.296. The Morgan fingerprint density at radius 1 is 0.771 bits per heavy atom. The molecule has 1 fully saturated rings. The third-order valence-electron chi connectivity index (χ3n) is 5.18. The number of carbonyl (C=O) groups excluding carboxylic acids is 3. The van der Waals surface area contributed by atoms with Gasteiger partial charge in [-0.05, 0) is 47.5 Å². The zero-order chi connectivity index (χ0) is 25.4. The van der Waals surface area contributed by atoms with Gasteiger partial charge in [0.25, 0.3) is 0 Å². The highest BCUT2D eigenvalue weighted by Gasteiger charge is 2.22. The molecule has 2 aromatic carbocycles. The van der Waals surface area contributed by atoms with E-state index in [1.807, 2.05) is 0 Å². The number of benzene rings is 2. The van der Waals surface area contributed by atoms with Gasteiger partial charge < -0.3 is 23.7 Å². The van der Waals surface area contributed by atoms with Crippen LogP contribution in [0, 0.1) is 0 Å². The highest BCUT2D eigenvalue weighted by Crippen LogP contribution is 2.32. The summed E-state index contributed by atoms with van der Waals surface area (Å²) < 4.78 is 26.8. The van der Waals surface area contributed by atoms with Crippen LogP contribution in [0.15, 0.2) is 47.5 Å². The monoisotopic (exact) mass is 480 g/mol. The molecule has 184 valence electrons. The fourth-order valence-electron chi connectivity index (χ4n) is 3.33. The molecule has 0 atom stereocenters. The van der Waals surface area contributed by atoms with E-state index in [9.17, 15) is 14.4 Å². The Balaban J connectivity index is 1.84. The molecular weight excluding hydrogens is 452 g/mol. The molecule has 2 aromatic rings. The van der Waals surface area contributed by atoms with Crippen molar-refractivity contribution >= 4 is 29.9 Å². The summed E-state index contributed by atoms with van der Waals surface area (Å²) in [4.78, 5) is 36.4. The van der Waals surface area contributed by atoms with Gasteiger partial charge in [0.1, 0.15) is 0 Å². The fourth-order valence-corrected chi connectivity index (χ4v) is 3.33. The van der Waals surface area contributed by atoms with Crippen LogP contribution in [0.5, 0.6) is 23.0 Å². The van der Waals surface area contributed by atoms with E-state index >= 15 is 0 Å². The highest BCUT2D eigenvalue weighted by atomic mass is 16.6. The second kappa shape index (κ2) is 12.0. The molecule has 0 N–H and O–H groups in total. The third kappa shape index (κ3) is 6.58. The first-order chi connectivity index (χ1) is 16.9. The molecular formula is C27H28O8. The summed E-state index contributed by atoms with van der Waals surface area (Å²) in [6.07, 6.45) is 3.93. The standard InChI is InChI=1S/C27H28O8/c1-5-25(28)34-21-9-7-17(13-23(21)31-3)11-19-15-33-16-20(27(19)30)12-18-8-10-22(24(14-18)32-4)35-26(29)6-2/h7-14H,5-6,15-16H2,1-4H3/b19-11+,20-12+. The Morgan fingerprint density at radius 3 is 1.57 bits per heavy atom. The first-order valence-corrected chi connectivity index (χ1v) is 11.2. The Kier molecular flexibility index (Phi) is 8.80. The van der Waals surface area contributed by atoms with Gasteiger partial charge in [0.05, 0.1) is 27.4 Å². The summed E-state index contributed by atoms with van der Waals surface area (Å²) in [6, 6.07) is 10.1. The lowest BCUT2D eigenvalue weighted by Gasteiger charge is -2.18. The van der Waals surface area contributed by atoms with Crippen molar-refractivity contribution in [1.29, 1.82) is 0 Å². The lowest BCUT2D eigenvalue weighted by Crippen LogP contribution is -2.21. The highest BCUT2D eigenvalue weighted by molar-refractivity contribution is 6.14. The van der Waals surface area contributed by atoms with Crippen molar-refractivity contribution in [2.24, 2.45) is 0 Å². The summed E-state index contributed by atoms with van der Waals surface area (Å²) in [6.45, 7) is 3.75. The molecule has 0 unspecified atom stereocenters. The van der Waals surface area contributed by atoms with Crippen LogP contribution < -0.4 is 18.9 Å². The van der Waals surface area contributed by atoms with Gasteiger partial charge in [-0.15, -0.1) is 0 Å². The number of ether oxygens (including phenoxy) is 5. The van der Waals surface area contributed by atoms with E-state index in [1.54, 1.807) is 62.4 Å². The van der Waals surface area contributed by atoms with Gasteiger partial charge >= 0.3 is 11.9 Å². The van der Waals surface area contributed by atoms with E-state index in [0.717, 1.165) is 0 Å². The third-order valence-corrected chi connectivity index (χ3v) is 5.18. The minimum absolute atomic E-state index is 0.142. The van der Waals surface area contributed by atoms with Gasteiger partial charge in [0.15, 0.2) is 28.8 Å². The van der Waals surface area contributed by atoms with Gasteiger partial charge in [-0.1, -0.05) is 26.0 Å². The number of methoxy groups -OCH3 is 2. The topological polar surface area (TPSA) is 97.4 Å². The molecule has 8 nitrogen and oxygen atoms in total. The molecule has 35 heavy (non-hydrogen) atoms. The summed E-state index contributed by atoms with van der Waals surface area (Å²) in [5, 5.41) is 0. The molecule has 3 rings (SSSR count). The van der Waals surface area contributed by atoms with Gasteiger partial charge in [-0.3, -0.25) is 14.4 Å². The van der Waals surface area contributed by atoms with Crippen molar-refractivity contribution in [3.63, 3.8) is 0 Å². The number of Topliss-reactive ketones (excluding diaryl/α,β-unsaturated/α-hetero) is 1. The van der Waals surface area contributed by atoms with Crippen LogP contribution in [-0.4, -0.2) is 45.2 Å². The van der Waals surface area contributed by atoms with Crippen molar-refractivity contribution in [2.75, 3.05) is 27.4 Å². The number of esters is 2. The number of hydrogen-bond donors (Lipinski definition) is 0. The van der Waals surface area contributed by atoms with Gasteiger partial charge in [0.2, 0.25) is 0 Å². The molecule has 1 saturated heterocycles. The maximum absolute atomic E-state index is 13.1. The van der Waals surface area contributed by atoms with Crippen LogP contribution in [0.1, 0.15) is 37.8 Å². The summed E-state index contributed by atoms with van der Waals surface area (Å²) in [7, 11) is 2.96. The Labute approximate surface area is 204 Å². The molecule has 0 amide bonds. The second-order valence-corrected chi connectivity index (χ2v) is 7.64. The molecule has 0 spiro atoms. The summed E-state index contributed by atoms with van der Waals surface area (Å²) >= 11 is 0. The predicted octanol–water partition coefficient (Wildman–Crippen LogP) is 4.40. The lowest BCUT2D eigenvalue weighted by molar-refractivity contribution is -0.135. The van der Waals surface area contributed by atoms with Gasteiger partial charge in [-0.25, -0.2) is 0 Å². The normalized spacial score (nSPS) is 15.7. The summed E-state index contributed by atoms with van der Waals surface area (Å²) in [5.74, 6) is 0.526. The number of rotatable bonds is 8. The Bertz CT molecular complexity index is 1090. The van der Waals surface area contributed by atoms with Crippen LogP contribution in [-0.2, 0) is 19.1 Å². The largest absolute Gasteiger partial charge is 0.493 e. The molecule has 0 aliphatic carbocycles. The van der Waals surface area contributed by atoms with Crippen LogP contribution in [0.25, 0.3) is 12.2 Å². The van der Waals surface area contributed by atoms with Gasteiger partial charge in [0, 0.05) is 24.0 Å². The minimum atomic E-state index is -0.367. The molecule has 0 aromatic heterocycles. The SMILES string of the molecule is CCC(=O)Oc1ccc(/C=C2\COC/C(=C\c3ccc(OC(=O)CC)c(OC)c3)C2=O)cc1OC. The predicted molar refractivity (Wildman–Crippen MR) is 130 cm³/mol. The van der Waals surface area contributed by atoms with Gasteiger partial charge in [-0.2, -0.15) is 0 Å². The molecule has 1 aliphatic rings. The second-order valence-electron chi connectivity index (χ2n) is 7.64. The zero-order valence-corrected chi connectivity index (χ0v) is 20.2. The van der Waals surface area contributed by atoms with E-state index in [-0.39, 0.29) is 43.8 Å². The van der Waals surface area contributed by atoms with E-state index in [4.69, 9.17) is 23.7 Å². The van der Waals surface area contributed by atoms with Crippen molar-refractivity contribution in [1.82, 2.24) is 0 Å². The number of hydrogen-bond acceptors (Lipinski definition) is 8. The average Bonchev–Trinajstić information content (AvgIpc) is 2.87. The van der Waals surface area contributed by atoms with Crippen molar-refractivity contribution < 1.29 is 38.1 Å². The number of ketones is 1. The minimum Gasteiger partial charge on any atom is -0.493 e. The quantitative estimate of drug-likeness (QED) is 0.312. The summed E-state index contributed by atoms with van der Waals surface area (Å²) in [5.41, 5.74) is 2.36. The van der Waals surface area contributed by atoms with Crippen LogP contribution in [0.3, 0.4) is 0 Å². The van der Waals surface area contributed by atoms with Crippen molar-refractivity contribution in [3.05, 3.63) is 58.7 Å². The Hall–Kier alpha value is -3.91. The first kappa shape index (κ1) is 25.7. The molecule has 8 heteroatoms. The maximum atomic E-state index is 13.1. The first-order valence-electron chi connectivity index (χ1n) is 11.2. The van der Waals surface area contributed by atoms with E-state index < -0.39 is 0 Å². The van der Waals surface area contributed by atoms with Crippen LogP contribution in [0.2, 0.25) is 0 Å². The van der Waals surface area contributed by atoms with Crippen molar-refractivity contribution in [2.45, 2.75) is 26.7 Å². The molecule has 0 saturated carbocycles. The van der Waals surface area contributed by atoms with E-state index in [2.05, 4.69) is 0 Å². The number of carbonyl (C=O) groups is 3. The smallest absolute Gasteiger partial charge is 0.311 e. The van der Waals surface area contributed by atoms with Crippen LogP contribution in [0.4, 0.5) is 0 Å². The zero-order valence-electron chi connectivity index (χ0n) is 20.2. The molecule has 0 bridgehead atoms. The average molecular weight is 481 g/mol. The van der Waals surface area contributed by atoms with Crippen molar-refractivity contribution in [3.8, 4) is 23.0 Å². The maximum Gasteiger partial charge on any atom is 0.311 e. The lowest BCUT2D eigenvalue weighted by atomic mass is 9.97. The molecule has 1 heterocycles. The molecule has 1 aliphatic heterocycles. The van der Waals surface area contributed by atoms with E-state index in [1.165, 1.54) is 14.2 Å².